The molecule has 0 saturated heterocycles. The van der Waals surface area contributed by atoms with E-state index in [1.165, 1.54) is 5.01 Å². The van der Waals surface area contributed by atoms with Crippen LogP contribution >= 0.6 is 11.6 Å². The van der Waals surface area contributed by atoms with Crippen molar-refractivity contribution in [2.75, 3.05) is 19.0 Å². The molecule has 0 aliphatic heterocycles. The maximum absolute atomic E-state index is 11.1. The van der Waals surface area contributed by atoms with Gasteiger partial charge in [-0.25, -0.2) is 5.01 Å². The average Bonchev–Trinajstić information content (AvgIpc) is 2.46. The van der Waals surface area contributed by atoms with Gasteiger partial charge in [0.15, 0.2) is 5.96 Å². The lowest BCUT2D eigenvalue weighted by molar-refractivity contribution is -0.143. The highest BCUT2D eigenvalue weighted by molar-refractivity contribution is 6.24. The quantitative estimate of drug-likeness (QED) is 0.0701. The molecule has 0 aromatic carbocycles. The lowest BCUT2D eigenvalue weighted by Crippen LogP contribution is -2.46. The summed E-state index contributed by atoms with van der Waals surface area (Å²) in [7, 11) is 0. The predicted octanol–water partition coefficient (Wildman–Crippen LogP) is 0.493. The number of hydrazine groups is 1. The van der Waals surface area contributed by atoms with Crippen molar-refractivity contribution in [3.05, 3.63) is 0 Å². The molecule has 0 fully saturated rings. The van der Waals surface area contributed by atoms with E-state index in [0.29, 0.717) is 32.2 Å². The summed E-state index contributed by atoms with van der Waals surface area (Å²) in [6.45, 7) is 3.16. The van der Waals surface area contributed by atoms with Gasteiger partial charge < -0.3 is 21.0 Å². The minimum Gasteiger partial charge on any atom is -0.480 e. The normalized spacial score (nSPS) is 11.3. The van der Waals surface area contributed by atoms with Crippen molar-refractivity contribution in [1.82, 2.24) is 10.3 Å². The van der Waals surface area contributed by atoms with E-state index < -0.39 is 12.0 Å². The second kappa shape index (κ2) is 16.0. The number of carbonyl (C=O) groups is 2. The van der Waals surface area contributed by atoms with Crippen molar-refractivity contribution in [2.24, 2.45) is 11.6 Å². The number of nitrogens with zero attached hydrogens (tertiary/aromatic N) is 1. The number of guanidine groups is 1. The van der Waals surface area contributed by atoms with E-state index in [-0.39, 0.29) is 11.8 Å². The summed E-state index contributed by atoms with van der Waals surface area (Å²) in [5.74, 6) is 4.87. The molecule has 8 nitrogen and oxygen atoms in total. The van der Waals surface area contributed by atoms with Crippen LogP contribution in [0.5, 0.6) is 0 Å². The Labute approximate surface area is 136 Å². The molecule has 7 N–H and O–H groups in total. The molecule has 0 heterocycles. The minimum absolute atomic E-state index is 0.102. The topological polar surface area (TPSA) is 146 Å². The van der Waals surface area contributed by atoms with Crippen LogP contribution in [0.25, 0.3) is 0 Å². The minimum atomic E-state index is -0.906. The van der Waals surface area contributed by atoms with E-state index in [4.69, 9.17) is 38.5 Å². The molecule has 1 atom stereocenters. The van der Waals surface area contributed by atoms with Crippen LogP contribution in [-0.4, -0.2) is 53.3 Å². The van der Waals surface area contributed by atoms with Gasteiger partial charge in [0.2, 0.25) is 0 Å². The largest absolute Gasteiger partial charge is 0.480 e. The Balaban J connectivity index is 0. The molecule has 0 aromatic rings. The molecule has 22 heavy (non-hydrogen) atoms. The number of hydrogen-bond acceptors (Lipinski definition) is 5. The summed E-state index contributed by atoms with van der Waals surface area (Å²) in [6.07, 6.45) is 4.72. The molecule has 0 rings (SSSR count). The number of carboxylic acid groups (broad SMARTS) is 1. The lowest BCUT2D eigenvalue weighted by Gasteiger charge is -2.24. The maximum Gasteiger partial charge on any atom is 0.322 e. The fraction of sp³-hybridized carbons (Fsp3) is 0.769. The van der Waals surface area contributed by atoms with Crippen molar-refractivity contribution in [3.63, 3.8) is 0 Å². The van der Waals surface area contributed by atoms with Gasteiger partial charge in [-0.3, -0.25) is 16.0 Å². The molecule has 0 spiro atoms. The first-order chi connectivity index (χ1) is 10.4. The van der Waals surface area contributed by atoms with Gasteiger partial charge in [-0.15, -0.1) is 11.6 Å². The SMILES string of the molecule is CCCCCN(N)[C@@H](CCCNC(=N)N)C(=O)O.O=CCCl. The van der Waals surface area contributed by atoms with Crippen LogP contribution in [0, 0.1) is 5.41 Å². The summed E-state index contributed by atoms with van der Waals surface area (Å²) in [4.78, 5) is 20.1. The second-order valence-electron chi connectivity index (χ2n) is 4.60. The van der Waals surface area contributed by atoms with E-state index in [9.17, 15) is 4.79 Å². The van der Waals surface area contributed by atoms with Crippen molar-refractivity contribution >= 4 is 29.8 Å². The molecule has 130 valence electrons. The summed E-state index contributed by atoms with van der Waals surface area (Å²) in [5.41, 5.74) is 5.13. The van der Waals surface area contributed by atoms with Crippen LogP contribution in [0.4, 0.5) is 0 Å². The van der Waals surface area contributed by atoms with Crippen LogP contribution in [0.15, 0.2) is 0 Å². The fourth-order valence-corrected chi connectivity index (χ4v) is 1.65. The van der Waals surface area contributed by atoms with Gasteiger partial charge in [0.1, 0.15) is 12.3 Å². The van der Waals surface area contributed by atoms with Crippen molar-refractivity contribution in [2.45, 2.75) is 45.1 Å². The van der Waals surface area contributed by atoms with Gasteiger partial charge in [-0.2, -0.15) is 0 Å². The number of carbonyl (C=O) groups excluding carboxylic acids is 1. The highest BCUT2D eigenvalue weighted by Crippen LogP contribution is 2.06. The van der Waals surface area contributed by atoms with Crippen LogP contribution in [0.1, 0.15) is 39.0 Å². The highest BCUT2D eigenvalue weighted by Gasteiger charge is 2.22. The Kier molecular flexibility index (Phi) is 16.6. The summed E-state index contributed by atoms with van der Waals surface area (Å²) in [6, 6.07) is -0.671. The summed E-state index contributed by atoms with van der Waals surface area (Å²) >= 11 is 4.82. The number of nitrogens with one attached hydrogen (secondary N) is 2. The zero-order valence-corrected chi connectivity index (χ0v) is 13.8. The molecule has 0 radical (unpaired) electrons. The number of rotatable bonds is 11. The molecule has 0 aliphatic rings. The number of hydrogen-bond donors (Lipinski definition) is 5. The highest BCUT2D eigenvalue weighted by atomic mass is 35.5. The van der Waals surface area contributed by atoms with Gasteiger partial charge in [0.05, 0.1) is 5.88 Å². The van der Waals surface area contributed by atoms with Crippen molar-refractivity contribution < 1.29 is 14.7 Å². The maximum atomic E-state index is 11.1. The third-order valence-corrected chi connectivity index (χ3v) is 2.86. The number of unbranched alkanes of at least 4 members (excludes halogenated alkanes) is 2. The van der Waals surface area contributed by atoms with E-state index in [2.05, 4.69) is 12.2 Å². The average molecular weight is 338 g/mol. The smallest absolute Gasteiger partial charge is 0.322 e. The fourth-order valence-electron chi connectivity index (χ4n) is 1.65. The van der Waals surface area contributed by atoms with E-state index in [1.807, 2.05) is 0 Å². The van der Waals surface area contributed by atoms with E-state index >= 15 is 0 Å². The van der Waals surface area contributed by atoms with Crippen LogP contribution in [0.3, 0.4) is 0 Å². The standard InChI is InChI=1S/C11H25N5O2.C2H3ClO/c1-2-3-4-8-16(14)9(10(17)18)6-5-7-15-11(12)13;3-1-2-4/h9H,2-8,14H2,1H3,(H,17,18)(H4,12,13,15);2H,1H2/t9-;/m0./s1. The number of aliphatic carboxylic acids is 1. The monoisotopic (exact) mass is 337 g/mol. The number of alkyl halides is 1. The molecule has 0 unspecified atom stereocenters. The van der Waals surface area contributed by atoms with Gasteiger partial charge in [0, 0.05) is 13.1 Å². The predicted molar refractivity (Wildman–Crippen MR) is 87.8 cm³/mol. The van der Waals surface area contributed by atoms with E-state index in [1.54, 1.807) is 0 Å². The first-order valence-corrected chi connectivity index (χ1v) is 7.75. The van der Waals surface area contributed by atoms with Crippen molar-refractivity contribution in [1.29, 1.82) is 5.41 Å². The molecule has 0 amide bonds. The number of aldehydes is 1. The zero-order valence-electron chi connectivity index (χ0n) is 13.1. The Morgan fingerprint density at radius 3 is 2.45 bits per heavy atom. The zero-order chi connectivity index (χ0) is 17.4. The molecular formula is C13H28ClN5O3. The second-order valence-corrected chi connectivity index (χ2v) is 4.91. The van der Waals surface area contributed by atoms with Crippen molar-refractivity contribution in [3.8, 4) is 0 Å². The Morgan fingerprint density at radius 1 is 1.45 bits per heavy atom. The first kappa shape index (κ1) is 22.9. The summed E-state index contributed by atoms with van der Waals surface area (Å²) < 4.78 is 0. The van der Waals surface area contributed by atoms with Crippen LogP contribution in [0.2, 0.25) is 0 Å². The molecule has 0 bridgehead atoms. The molecule has 0 aromatic heterocycles. The summed E-state index contributed by atoms with van der Waals surface area (Å²) in [5, 5.41) is 20.1. The Bertz CT molecular complexity index is 318. The number of nitrogens with two attached hydrogens (primary N) is 2. The molecule has 9 heteroatoms. The van der Waals surface area contributed by atoms with Crippen LogP contribution < -0.4 is 16.9 Å². The van der Waals surface area contributed by atoms with Gasteiger partial charge in [0.25, 0.3) is 0 Å². The van der Waals surface area contributed by atoms with Gasteiger partial charge in [-0.1, -0.05) is 19.8 Å². The first-order valence-electron chi connectivity index (χ1n) is 7.22. The third kappa shape index (κ3) is 15.0. The van der Waals surface area contributed by atoms with Gasteiger partial charge in [-0.05, 0) is 19.3 Å². The third-order valence-electron chi connectivity index (χ3n) is 2.74. The number of carboxylic acids is 1. The van der Waals surface area contributed by atoms with Gasteiger partial charge >= 0.3 is 5.97 Å². The van der Waals surface area contributed by atoms with Crippen LogP contribution in [-0.2, 0) is 9.59 Å². The molecule has 0 saturated carbocycles. The Morgan fingerprint density at radius 2 is 2.05 bits per heavy atom. The number of halogens is 1. The molecular weight excluding hydrogens is 310 g/mol. The lowest BCUT2D eigenvalue weighted by atomic mass is 10.1. The Hall–Kier alpha value is -1.38. The van der Waals surface area contributed by atoms with E-state index in [0.717, 1.165) is 19.3 Å². The molecule has 0 aliphatic carbocycles.